The minimum absolute atomic E-state index is 0.148. The van der Waals surface area contributed by atoms with Crippen LogP contribution in [0.1, 0.15) is 25.0 Å². The lowest BCUT2D eigenvalue weighted by Crippen LogP contribution is -2.58. The third-order valence-electron chi connectivity index (χ3n) is 6.26. The molecule has 0 bridgehead atoms. The maximum absolute atomic E-state index is 12.6. The van der Waals surface area contributed by atoms with Crippen molar-refractivity contribution in [2.75, 3.05) is 26.6 Å². The van der Waals surface area contributed by atoms with Gasteiger partial charge < -0.3 is 29.7 Å². The molecule has 0 fully saturated rings. The second kappa shape index (κ2) is 15.5. The van der Waals surface area contributed by atoms with E-state index in [0.717, 1.165) is 33.6 Å². The number of aliphatic hydroxyl groups is 1. The molecule has 2 aromatic carbocycles. The third kappa shape index (κ3) is 9.51. The topological polar surface area (TPSA) is 140 Å². The summed E-state index contributed by atoms with van der Waals surface area (Å²) in [7, 11) is 1.49. The number of aliphatic carboxylic acids is 1. The molecule has 0 radical (unpaired) electrons. The van der Waals surface area contributed by atoms with Gasteiger partial charge in [-0.05, 0) is 68.6 Å². The summed E-state index contributed by atoms with van der Waals surface area (Å²) in [5, 5.41) is 22.8. The fourth-order valence-electron chi connectivity index (χ4n) is 3.94. The average molecular weight is 648 g/mol. The van der Waals surface area contributed by atoms with Crippen LogP contribution in [0.5, 0.6) is 11.5 Å². The van der Waals surface area contributed by atoms with E-state index in [4.69, 9.17) is 32.2 Å². The number of aliphatic hydroxyl groups excluding tert-OH is 1. The Hall–Kier alpha value is -4.46. The SMILES string of the molecule is C#Cc1cnc2ccc(OC(C)(S)C(=O)NC(C)(CO)COC)cc2c1.C#Cc1cnc2ccc(OC(SC)C(=O)O)cc2c1. The zero-order valence-electron chi connectivity index (χ0n) is 25.1. The number of thiol groups is 1. The molecular formula is C33H33N3O7S2. The van der Waals surface area contributed by atoms with E-state index in [0.29, 0.717) is 22.6 Å². The fourth-order valence-corrected chi connectivity index (χ4v) is 4.51. The monoisotopic (exact) mass is 647 g/mol. The number of carbonyl (C=O) groups excluding carboxylic acids is 1. The number of hydrogen-bond acceptors (Lipinski definition) is 10. The number of rotatable bonds is 11. The maximum Gasteiger partial charge on any atom is 0.355 e. The predicted molar refractivity (Wildman–Crippen MR) is 178 cm³/mol. The normalized spacial score (nSPS) is 14.0. The number of nitrogens with one attached hydrogen (secondary N) is 1. The molecule has 3 unspecified atom stereocenters. The Labute approximate surface area is 271 Å². The number of carbonyl (C=O) groups is 2. The third-order valence-corrected chi connectivity index (χ3v) is 7.28. The van der Waals surface area contributed by atoms with Crippen LogP contribution in [0.25, 0.3) is 21.8 Å². The molecule has 0 aliphatic carbocycles. The number of fused-ring (bicyclic) bond motifs is 2. The van der Waals surface area contributed by atoms with Gasteiger partial charge in [0.15, 0.2) is 0 Å². The Morgan fingerprint density at radius 1 is 1.00 bits per heavy atom. The van der Waals surface area contributed by atoms with Crippen molar-refractivity contribution in [3.8, 4) is 36.2 Å². The van der Waals surface area contributed by atoms with Gasteiger partial charge >= 0.3 is 5.97 Å². The summed E-state index contributed by atoms with van der Waals surface area (Å²) in [5.41, 5.74) is 0.996. The summed E-state index contributed by atoms with van der Waals surface area (Å²) in [6.07, 6.45) is 15.6. The molecule has 0 aliphatic heterocycles. The number of ether oxygens (including phenoxy) is 3. The summed E-state index contributed by atoms with van der Waals surface area (Å²) in [4.78, 5) is 30.5. The molecule has 0 saturated carbocycles. The van der Waals surface area contributed by atoms with Crippen LogP contribution in [0.2, 0.25) is 0 Å². The number of thioether (sulfide) groups is 1. The lowest BCUT2D eigenvalue weighted by molar-refractivity contribution is -0.141. The second-order valence-corrected chi connectivity index (χ2v) is 11.9. The van der Waals surface area contributed by atoms with Gasteiger partial charge in [0, 0.05) is 41.4 Å². The van der Waals surface area contributed by atoms with Gasteiger partial charge in [-0.2, -0.15) is 0 Å². The zero-order chi connectivity index (χ0) is 33.2. The average Bonchev–Trinajstić information content (AvgIpc) is 3.02. The molecule has 10 nitrogen and oxygen atoms in total. The van der Waals surface area contributed by atoms with E-state index in [1.165, 1.54) is 14.0 Å². The van der Waals surface area contributed by atoms with E-state index in [2.05, 4.69) is 39.8 Å². The standard InChI is InChI=1S/C19H22N2O4S.C14H11NO3S/c1-5-13-8-14-9-15(6-7-16(14)20-10-13)25-19(3,26)17(23)21-18(2,11-22)12-24-4;1-3-9-6-10-7-11(4-5-12(10)15-8-9)18-14(19-2)13(16)17/h1,6-10,22,26H,11-12H2,2-4H3,(H,21,23);1,4-8,14H,2H3,(H,16,17). The first-order chi connectivity index (χ1) is 21.4. The van der Waals surface area contributed by atoms with Crippen LogP contribution >= 0.6 is 24.4 Å². The lowest BCUT2D eigenvalue weighted by Gasteiger charge is -2.32. The van der Waals surface area contributed by atoms with E-state index in [9.17, 15) is 14.7 Å². The molecule has 0 spiro atoms. The Kier molecular flexibility index (Phi) is 12.1. The first kappa shape index (κ1) is 35.0. The first-order valence-electron chi connectivity index (χ1n) is 13.4. The number of benzene rings is 2. The van der Waals surface area contributed by atoms with Crippen LogP contribution in [0.4, 0.5) is 0 Å². The van der Waals surface area contributed by atoms with Gasteiger partial charge in [0.1, 0.15) is 11.5 Å². The van der Waals surface area contributed by atoms with Gasteiger partial charge in [-0.3, -0.25) is 14.8 Å². The van der Waals surface area contributed by atoms with Crippen molar-refractivity contribution in [3.63, 3.8) is 0 Å². The van der Waals surface area contributed by atoms with E-state index in [1.807, 2.05) is 12.1 Å². The number of methoxy groups -OCH3 is 1. The van der Waals surface area contributed by atoms with Crippen molar-refractivity contribution >= 4 is 58.1 Å². The second-order valence-electron chi connectivity index (χ2n) is 10.2. The molecule has 4 rings (SSSR count). The minimum Gasteiger partial charge on any atom is -0.478 e. The minimum atomic E-state index is -1.46. The number of carboxylic acid groups (broad SMARTS) is 1. The molecule has 45 heavy (non-hydrogen) atoms. The Morgan fingerprint density at radius 2 is 1.53 bits per heavy atom. The summed E-state index contributed by atoms with van der Waals surface area (Å²) < 4.78 is 16.2. The van der Waals surface area contributed by atoms with Crippen LogP contribution in [0, 0.1) is 24.7 Å². The van der Waals surface area contributed by atoms with Crippen molar-refractivity contribution in [1.82, 2.24) is 15.3 Å². The number of hydrogen-bond donors (Lipinski definition) is 4. The van der Waals surface area contributed by atoms with Gasteiger partial charge in [0.2, 0.25) is 10.4 Å². The van der Waals surface area contributed by atoms with Gasteiger partial charge in [-0.15, -0.1) is 37.2 Å². The highest BCUT2D eigenvalue weighted by molar-refractivity contribution is 7.99. The van der Waals surface area contributed by atoms with E-state index >= 15 is 0 Å². The molecule has 4 aromatic rings. The number of carboxylic acids is 1. The summed E-state index contributed by atoms with van der Waals surface area (Å²) in [5.74, 6) is 4.45. The first-order valence-corrected chi connectivity index (χ1v) is 15.1. The van der Waals surface area contributed by atoms with Crippen LogP contribution in [0.3, 0.4) is 0 Å². The summed E-state index contributed by atoms with van der Waals surface area (Å²) in [6, 6.07) is 14.0. The molecule has 12 heteroatoms. The Morgan fingerprint density at radius 3 is 2.00 bits per heavy atom. The zero-order valence-corrected chi connectivity index (χ0v) is 26.8. The number of aromatic nitrogens is 2. The highest BCUT2D eigenvalue weighted by Gasteiger charge is 2.37. The van der Waals surface area contributed by atoms with Crippen molar-refractivity contribution in [3.05, 3.63) is 72.1 Å². The van der Waals surface area contributed by atoms with Crippen molar-refractivity contribution in [2.24, 2.45) is 0 Å². The van der Waals surface area contributed by atoms with Crippen LogP contribution in [-0.2, 0) is 14.3 Å². The number of amides is 1. The molecule has 2 heterocycles. The Balaban J connectivity index is 0.000000257. The van der Waals surface area contributed by atoms with Gasteiger partial charge in [-0.1, -0.05) is 11.8 Å². The van der Waals surface area contributed by atoms with Gasteiger partial charge in [0.25, 0.3) is 5.91 Å². The quantitative estimate of drug-likeness (QED) is 0.107. The molecule has 3 N–H and O–H groups in total. The fraction of sp³-hybridized carbons (Fsp3) is 0.273. The number of terminal acetylenes is 2. The van der Waals surface area contributed by atoms with Crippen LogP contribution in [0.15, 0.2) is 60.9 Å². The lowest BCUT2D eigenvalue weighted by atomic mass is 10.0. The van der Waals surface area contributed by atoms with E-state index < -0.39 is 27.8 Å². The highest BCUT2D eigenvalue weighted by Crippen LogP contribution is 2.27. The van der Waals surface area contributed by atoms with Crippen molar-refractivity contribution in [1.29, 1.82) is 0 Å². The number of pyridine rings is 2. The molecule has 0 aliphatic rings. The number of nitrogens with zero attached hydrogens (tertiary/aromatic N) is 2. The van der Waals surface area contributed by atoms with E-state index in [1.54, 1.807) is 62.0 Å². The largest absolute Gasteiger partial charge is 0.478 e. The van der Waals surface area contributed by atoms with Crippen molar-refractivity contribution in [2.45, 2.75) is 29.8 Å². The predicted octanol–water partition coefficient (Wildman–Crippen LogP) is 4.12. The molecule has 3 atom stereocenters. The molecule has 0 saturated heterocycles. The summed E-state index contributed by atoms with van der Waals surface area (Å²) in [6.45, 7) is 3.06. The molecular weight excluding hydrogens is 615 g/mol. The Bertz CT molecular complexity index is 1770. The summed E-state index contributed by atoms with van der Waals surface area (Å²) >= 11 is 5.46. The smallest absolute Gasteiger partial charge is 0.355 e. The van der Waals surface area contributed by atoms with E-state index in [-0.39, 0.29) is 13.2 Å². The van der Waals surface area contributed by atoms with Gasteiger partial charge in [0.05, 0.1) is 29.8 Å². The highest BCUT2D eigenvalue weighted by atomic mass is 32.2. The van der Waals surface area contributed by atoms with Crippen LogP contribution in [-0.4, -0.2) is 74.5 Å². The van der Waals surface area contributed by atoms with Crippen LogP contribution < -0.4 is 14.8 Å². The van der Waals surface area contributed by atoms with Crippen molar-refractivity contribution < 1.29 is 34.0 Å². The molecule has 2 aromatic heterocycles. The maximum atomic E-state index is 12.6. The molecule has 1 amide bonds. The molecule has 234 valence electrons. The van der Waals surface area contributed by atoms with Gasteiger partial charge in [-0.25, -0.2) is 4.79 Å².